The summed E-state index contributed by atoms with van der Waals surface area (Å²) in [7, 11) is 0. The lowest BCUT2D eigenvalue weighted by Crippen LogP contribution is -2.36. The summed E-state index contributed by atoms with van der Waals surface area (Å²) in [5, 5.41) is 1.02. The summed E-state index contributed by atoms with van der Waals surface area (Å²) in [5.74, 6) is 0. The average molecular weight is 415 g/mol. The van der Waals surface area contributed by atoms with Crippen molar-refractivity contribution in [2.24, 2.45) is 0 Å². The Balaban J connectivity index is 1.47. The molecule has 0 spiro atoms. The highest BCUT2D eigenvalue weighted by Crippen LogP contribution is 2.30. The number of aromatic amines is 1. The molecule has 6 heteroatoms. The molecular weight excluding hydrogens is 388 g/mol. The number of anilines is 1. The molecule has 1 saturated heterocycles. The highest BCUT2D eigenvalue weighted by atomic mass is 16.5. The number of fused-ring (bicyclic) bond motifs is 1. The summed E-state index contributed by atoms with van der Waals surface area (Å²) in [6, 6.07) is 12.3. The molecule has 0 bridgehead atoms. The molecule has 1 N–H and O–H groups in total. The fraction of sp³-hybridized carbons (Fsp3) is 0.280. The van der Waals surface area contributed by atoms with Crippen LogP contribution in [0.2, 0.25) is 0 Å². The van der Waals surface area contributed by atoms with Gasteiger partial charge in [-0.1, -0.05) is 29.3 Å². The first-order valence-electron chi connectivity index (χ1n) is 10.6. The molecule has 0 aliphatic carbocycles. The van der Waals surface area contributed by atoms with E-state index in [9.17, 15) is 4.79 Å². The van der Waals surface area contributed by atoms with Crippen LogP contribution in [0.25, 0.3) is 22.2 Å². The number of morpholine rings is 1. The van der Waals surface area contributed by atoms with Gasteiger partial charge in [0.05, 0.1) is 31.6 Å². The minimum atomic E-state index is -0.0108. The first-order chi connectivity index (χ1) is 15.1. The number of hydrogen-bond acceptors (Lipinski definition) is 4. The summed E-state index contributed by atoms with van der Waals surface area (Å²) in [6.07, 6.45) is 5.72. The van der Waals surface area contributed by atoms with Crippen molar-refractivity contribution in [2.45, 2.75) is 20.4 Å². The average Bonchev–Trinajstić information content (AvgIpc) is 3.18. The van der Waals surface area contributed by atoms with Crippen LogP contribution in [0.5, 0.6) is 0 Å². The Labute approximate surface area is 181 Å². The number of pyridine rings is 2. The SMILES string of the molecule is Cc1cc(C)cc(Cn2ccc(-c3c[nH]c4ncc(N5CCOCC5)cc34)cc2=O)c1. The van der Waals surface area contributed by atoms with Crippen LogP contribution in [0.1, 0.15) is 16.7 Å². The van der Waals surface area contributed by atoms with Crippen LogP contribution in [0.3, 0.4) is 0 Å². The molecule has 0 radical (unpaired) electrons. The number of ether oxygens (including phenoxy) is 1. The second-order valence-corrected chi connectivity index (χ2v) is 8.27. The van der Waals surface area contributed by atoms with E-state index in [-0.39, 0.29) is 5.56 Å². The lowest BCUT2D eigenvalue weighted by molar-refractivity contribution is 0.122. The fourth-order valence-corrected chi connectivity index (χ4v) is 4.39. The van der Waals surface area contributed by atoms with Gasteiger partial charge in [0.25, 0.3) is 5.56 Å². The molecule has 1 aliphatic heterocycles. The molecule has 1 aliphatic rings. The highest BCUT2D eigenvalue weighted by Gasteiger charge is 2.15. The first kappa shape index (κ1) is 19.6. The molecule has 0 saturated carbocycles. The van der Waals surface area contributed by atoms with Crippen LogP contribution in [0.15, 0.2) is 59.8 Å². The molecule has 1 fully saturated rings. The van der Waals surface area contributed by atoms with Crippen molar-refractivity contribution in [2.75, 3.05) is 31.2 Å². The molecule has 5 rings (SSSR count). The van der Waals surface area contributed by atoms with E-state index in [2.05, 4.69) is 53.0 Å². The van der Waals surface area contributed by atoms with Crippen molar-refractivity contribution in [3.8, 4) is 11.1 Å². The Bertz CT molecular complexity index is 1280. The van der Waals surface area contributed by atoms with Gasteiger partial charge in [-0.15, -0.1) is 0 Å². The largest absolute Gasteiger partial charge is 0.378 e. The maximum atomic E-state index is 12.9. The van der Waals surface area contributed by atoms with Crippen molar-refractivity contribution in [3.05, 3.63) is 82.0 Å². The van der Waals surface area contributed by atoms with E-state index in [0.29, 0.717) is 6.54 Å². The summed E-state index contributed by atoms with van der Waals surface area (Å²) >= 11 is 0. The van der Waals surface area contributed by atoms with Crippen LogP contribution in [0, 0.1) is 13.8 Å². The summed E-state index contributed by atoms with van der Waals surface area (Å²) in [5.41, 5.74) is 7.35. The summed E-state index contributed by atoms with van der Waals surface area (Å²) in [4.78, 5) is 23.0. The van der Waals surface area contributed by atoms with Crippen LogP contribution in [-0.2, 0) is 11.3 Å². The van der Waals surface area contributed by atoms with Crippen molar-refractivity contribution >= 4 is 16.7 Å². The molecule has 0 amide bonds. The van der Waals surface area contributed by atoms with Crippen molar-refractivity contribution < 1.29 is 4.74 Å². The molecule has 0 unspecified atom stereocenters. The predicted molar refractivity (Wildman–Crippen MR) is 124 cm³/mol. The zero-order valence-electron chi connectivity index (χ0n) is 17.9. The van der Waals surface area contributed by atoms with Crippen LogP contribution >= 0.6 is 0 Å². The van der Waals surface area contributed by atoms with Gasteiger partial charge in [0.15, 0.2) is 0 Å². The smallest absolute Gasteiger partial charge is 0.251 e. The third-order valence-corrected chi connectivity index (χ3v) is 5.83. The van der Waals surface area contributed by atoms with Crippen LogP contribution < -0.4 is 10.5 Å². The van der Waals surface area contributed by atoms with Gasteiger partial charge in [-0.3, -0.25) is 4.79 Å². The van der Waals surface area contributed by atoms with E-state index >= 15 is 0 Å². The molecule has 1 aromatic carbocycles. The van der Waals surface area contributed by atoms with E-state index in [0.717, 1.165) is 59.7 Å². The Kier molecular flexibility index (Phi) is 5.08. The molecule has 6 nitrogen and oxygen atoms in total. The van der Waals surface area contributed by atoms with Crippen LogP contribution in [-0.4, -0.2) is 40.8 Å². The summed E-state index contributed by atoms with van der Waals surface area (Å²) < 4.78 is 7.22. The Morgan fingerprint density at radius 2 is 1.84 bits per heavy atom. The topological polar surface area (TPSA) is 63.1 Å². The Hall–Kier alpha value is -3.38. The lowest BCUT2D eigenvalue weighted by Gasteiger charge is -2.28. The van der Waals surface area contributed by atoms with Gasteiger partial charge >= 0.3 is 0 Å². The maximum absolute atomic E-state index is 12.9. The van der Waals surface area contributed by atoms with Gasteiger partial charge in [0.1, 0.15) is 5.65 Å². The van der Waals surface area contributed by atoms with E-state index in [1.54, 1.807) is 10.6 Å². The zero-order valence-corrected chi connectivity index (χ0v) is 17.9. The molecule has 31 heavy (non-hydrogen) atoms. The van der Waals surface area contributed by atoms with Gasteiger partial charge in [-0.05, 0) is 37.1 Å². The quantitative estimate of drug-likeness (QED) is 0.550. The Morgan fingerprint density at radius 3 is 2.58 bits per heavy atom. The third kappa shape index (κ3) is 3.99. The maximum Gasteiger partial charge on any atom is 0.251 e. The number of H-pyrrole nitrogens is 1. The third-order valence-electron chi connectivity index (χ3n) is 5.83. The zero-order chi connectivity index (χ0) is 21.4. The number of aromatic nitrogens is 3. The molecule has 4 heterocycles. The second-order valence-electron chi connectivity index (χ2n) is 8.27. The monoisotopic (exact) mass is 414 g/mol. The number of rotatable bonds is 4. The van der Waals surface area contributed by atoms with Crippen LogP contribution in [0.4, 0.5) is 5.69 Å². The normalized spacial score (nSPS) is 14.3. The molecular formula is C25H26N4O2. The van der Waals surface area contributed by atoms with E-state index < -0.39 is 0 Å². The molecule has 0 atom stereocenters. The molecule has 4 aromatic rings. The predicted octanol–water partition coefficient (Wildman–Crippen LogP) is 3.89. The van der Waals surface area contributed by atoms with Crippen molar-refractivity contribution in [1.29, 1.82) is 0 Å². The number of nitrogens with zero attached hydrogens (tertiary/aromatic N) is 3. The van der Waals surface area contributed by atoms with E-state index in [1.807, 2.05) is 24.7 Å². The number of aryl methyl sites for hydroxylation is 2. The van der Waals surface area contributed by atoms with Gasteiger partial charge in [-0.2, -0.15) is 0 Å². The van der Waals surface area contributed by atoms with Gasteiger partial charge in [0, 0.05) is 42.5 Å². The summed E-state index contributed by atoms with van der Waals surface area (Å²) in [6.45, 7) is 7.92. The van der Waals surface area contributed by atoms with Crippen molar-refractivity contribution in [1.82, 2.24) is 14.5 Å². The second kappa shape index (κ2) is 8.04. The van der Waals surface area contributed by atoms with E-state index in [1.165, 1.54) is 11.1 Å². The fourth-order valence-electron chi connectivity index (χ4n) is 4.39. The van der Waals surface area contributed by atoms with Gasteiger partial charge in [0.2, 0.25) is 0 Å². The molecule has 3 aromatic heterocycles. The Morgan fingerprint density at radius 1 is 1.06 bits per heavy atom. The van der Waals surface area contributed by atoms with Crippen molar-refractivity contribution in [3.63, 3.8) is 0 Å². The van der Waals surface area contributed by atoms with E-state index in [4.69, 9.17) is 4.74 Å². The number of benzene rings is 1. The number of hydrogen-bond donors (Lipinski definition) is 1. The standard InChI is InChI=1S/C25H26N4O2/c1-17-9-18(2)11-19(10-17)16-29-4-3-20(12-24(29)30)23-15-27-25-22(23)13-21(14-26-25)28-5-7-31-8-6-28/h3-4,9-15H,5-8,16H2,1-2H3,(H,26,27). The highest BCUT2D eigenvalue weighted by molar-refractivity contribution is 5.95. The van der Waals surface area contributed by atoms with Gasteiger partial charge in [-0.25, -0.2) is 4.98 Å². The number of nitrogens with one attached hydrogen (secondary N) is 1. The first-order valence-corrected chi connectivity index (χ1v) is 10.6. The minimum Gasteiger partial charge on any atom is -0.378 e. The molecule has 158 valence electrons. The minimum absolute atomic E-state index is 0.0108. The lowest BCUT2D eigenvalue weighted by atomic mass is 10.1. The van der Waals surface area contributed by atoms with Gasteiger partial charge < -0.3 is 19.2 Å².